The van der Waals surface area contributed by atoms with E-state index in [2.05, 4.69) is 6.92 Å². The Morgan fingerprint density at radius 3 is 2.78 bits per heavy atom. The molecule has 1 amide bonds. The van der Waals surface area contributed by atoms with Crippen molar-refractivity contribution in [1.82, 2.24) is 4.90 Å². The lowest BCUT2D eigenvalue weighted by Gasteiger charge is -2.22. The Kier molecular flexibility index (Phi) is 4.68. The Bertz CT molecular complexity index is 694. The molecule has 1 saturated heterocycles. The van der Waals surface area contributed by atoms with E-state index < -0.39 is 0 Å². The van der Waals surface area contributed by atoms with E-state index in [1.54, 1.807) is 18.4 Å². The zero-order chi connectivity index (χ0) is 16.4. The number of thiophene rings is 1. The van der Waals surface area contributed by atoms with E-state index in [0.717, 1.165) is 46.0 Å². The molecule has 0 aliphatic carbocycles. The van der Waals surface area contributed by atoms with Crippen molar-refractivity contribution in [1.29, 1.82) is 0 Å². The summed E-state index contributed by atoms with van der Waals surface area (Å²) in [5.41, 5.74) is 8.01. The molecule has 1 atom stereocenters. The molecule has 2 aromatic rings. The number of hydrogen-bond donors (Lipinski definition) is 1. The van der Waals surface area contributed by atoms with Crippen LogP contribution in [0.2, 0.25) is 0 Å². The lowest BCUT2D eigenvalue weighted by molar-refractivity contribution is 0.0746. The number of nitrogens with two attached hydrogens (primary N) is 1. The first-order valence-corrected chi connectivity index (χ1v) is 8.71. The van der Waals surface area contributed by atoms with Gasteiger partial charge >= 0.3 is 0 Å². The maximum Gasteiger partial charge on any atom is 0.264 e. The molecule has 1 aromatic heterocycles. The molecular formula is C18H22N2O2S. The zero-order valence-electron chi connectivity index (χ0n) is 13.5. The molecule has 2 heterocycles. The van der Waals surface area contributed by atoms with E-state index in [4.69, 9.17) is 10.5 Å². The van der Waals surface area contributed by atoms with Gasteiger partial charge in [0.25, 0.3) is 5.91 Å². The largest absolute Gasteiger partial charge is 0.497 e. The van der Waals surface area contributed by atoms with Crippen LogP contribution in [-0.4, -0.2) is 37.0 Å². The van der Waals surface area contributed by atoms with Crippen molar-refractivity contribution in [2.45, 2.75) is 25.8 Å². The van der Waals surface area contributed by atoms with E-state index in [0.29, 0.717) is 6.54 Å². The summed E-state index contributed by atoms with van der Waals surface area (Å²) < 4.78 is 5.20. The molecule has 3 rings (SSSR count). The number of carbonyl (C=O) groups is 1. The maximum atomic E-state index is 12.8. The summed E-state index contributed by atoms with van der Waals surface area (Å²) in [4.78, 5) is 16.7. The van der Waals surface area contributed by atoms with Gasteiger partial charge in [0.15, 0.2) is 0 Å². The number of carbonyl (C=O) groups excluding carboxylic acids is 1. The fourth-order valence-corrected chi connectivity index (χ4v) is 4.13. The maximum absolute atomic E-state index is 12.8. The molecule has 0 radical (unpaired) electrons. The summed E-state index contributed by atoms with van der Waals surface area (Å²) in [5.74, 6) is 0.951. The molecule has 1 fully saturated rings. The third kappa shape index (κ3) is 3.12. The average molecular weight is 330 g/mol. The number of likely N-dealkylation sites (tertiary alicyclic amines) is 1. The van der Waals surface area contributed by atoms with Crippen LogP contribution in [0.3, 0.4) is 0 Å². The molecule has 23 heavy (non-hydrogen) atoms. The van der Waals surface area contributed by atoms with Crippen LogP contribution in [0, 0.1) is 6.92 Å². The van der Waals surface area contributed by atoms with Gasteiger partial charge in [-0.15, -0.1) is 11.3 Å². The highest BCUT2D eigenvalue weighted by atomic mass is 32.1. The van der Waals surface area contributed by atoms with Gasteiger partial charge in [0.05, 0.1) is 12.0 Å². The van der Waals surface area contributed by atoms with Crippen molar-refractivity contribution in [3.63, 3.8) is 0 Å². The fraction of sp³-hybridized carbons (Fsp3) is 0.389. The highest BCUT2D eigenvalue weighted by molar-refractivity contribution is 7.14. The Morgan fingerprint density at radius 2 is 2.13 bits per heavy atom. The first-order chi connectivity index (χ1) is 11.1. The van der Waals surface area contributed by atoms with Crippen LogP contribution < -0.4 is 10.5 Å². The summed E-state index contributed by atoms with van der Waals surface area (Å²) >= 11 is 1.56. The van der Waals surface area contributed by atoms with Gasteiger partial charge in [-0.3, -0.25) is 4.79 Å². The molecule has 0 saturated carbocycles. The third-order valence-corrected chi connectivity index (χ3v) is 5.48. The van der Waals surface area contributed by atoms with Crippen LogP contribution in [0.4, 0.5) is 0 Å². The predicted octanol–water partition coefficient (Wildman–Crippen LogP) is 3.30. The van der Waals surface area contributed by atoms with Gasteiger partial charge in [0.2, 0.25) is 0 Å². The van der Waals surface area contributed by atoms with Crippen LogP contribution in [0.15, 0.2) is 30.3 Å². The standard InChI is InChI=1S/C18H22N2O2S/c1-12-16(13-5-7-15(22-2)8-6-13)10-17(23-12)18(21)20-9-3-4-14(20)11-19/h5-8,10,14H,3-4,9,11,19H2,1-2H3/t14-/m1/s1. The van der Waals surface area contributed by atoms with Crippen molar-refractivity contribution in [3.05, 3.63) is 40.1 Å². The summed E-state index contributed by atoms with van der Waals surface area (Å²) in [6.45, 7) is 3.42. The van der Waals surface area contributed by atoms with Crippen molar-refractivity contribution in [3.8, 4) is 16.9 Å². The number of benzene rings is 1. The minimum Gasteiger partial charge on any atom is -0.497 e. The lowest BCUT2D eigenvalue weighted by atomic mass is 10.1. The number of methoxy groups -OCH3 is 1. The lowest BCUT2D eigenvalue weighted by Crippen LogP contribution is -2.39. The molecule has 1 aromatic carbocycles. The fourth-order valence-electron chi connectivity index (χ4n) is 3.13. The molecule has 0 unspecified atom stereocenters. The average Bonchev–Trinajstić information content (AvgIpc) is 3.20. The molecule has 2 N–H and O–H groups in total. The van der Waals surface area contributed by atoms with Crippen LogP contribution in [0.5, 0.6) is 5.75 Å². The zero-order valence-corrected chi connectivity index (χ0v) is 14.4. The summed E-state index contributed by atoms with van der Waals surface area (Å²) in [7, 11) is 1.66. The highest BCUT2D eigenvalue weighted by Gasteiger charge is 2.29. The normalized spacial score (nSPS) is 17.5. The number of rotatable bonds is 4. The van der Waals surface area contributed by atoms with Gasteiger partial charge in [-0.25, -0.2) is 0 Å². The van der Waals surface area contributed by atoms with E-state index in [-0.39, 0.29) is 11.9 Å². The smallest absolute Gasteiger partial charge is 0.264 e. The van der Waals surface area contributed by atoms with Gasteiger partial charge in [0, 0.05) is 24.0 Å². The van der Waals surface area contributed by atoms with E-state index in [1.807, 2.05) is 35.2 Å². The second-order valence-corrected chi connectivity index (χ2v) is 7.10. The summed E-state index contributed by atoms with van der Waals surface area (Å²) in [6.07, 6.45) is 2.06. The predicted molar refractivity (Wildman–Crippen MR) is 94.2 cm³/mol. The number of aryl methyl sites for hydroxylation is 1. The monoisotopic (exact) mass is 330 g/mol. The van der Waals surface area contributed by atoms with Crippen molar-refractivity contribution >= 4 is 17.2 Å². The van der Waals surface area contributed by atoms with Crippen molar-refractivity contribution in [2.75, 3.05) is 20.2 Å². The second kappa shape index (κ2) is 6.72. The minimum atomic E-state index is 0.116. The molecular weight excluding hydrogens is 308 g/mol. The topological polar surface area (TPSA) is 55.6 Å². The number of hydrogen-bond acceptors (Lipinski definition) is 4. The van der Waals surface area contributed by atoms with Crippen LogP contribution >= 0.6 is 11.3 Å². The Balaban J connectivity index is 1.86. The van der Waals surface area contributed by atoms with Crippen LogP contribution in [0.1, 0.15) is 27.4 Å². The highest BCUT2D eigenvalue weighted by Crippen LogP contribution is 2.33. The van der Waals surface area contributed by atoms with Crippen LogP contribution in [0.25, 0.3) is 11.1 Å². The van der Waals surface area contributed by atoms with Crippen LogP contribution in [-0.2, 0) is 0 Å². The third-order valence-electron chi connectivity index (χ3n) is 4.44. The van der Waals surface area contributed by atoms with Gasteiger partial charge in [-0.1, -0.05) is 12.1 Å². The first-order valence-electron chi connectivity index (χ1n) is 7.90. The Labute approximate surface area is 140 Å². The van der Waals surface area contributed by atoms with Gasteiger partial charge in [-0.05, 0) is 49.1 Å². The second-order valence-electron chi connectivity index (χ2n) is 5.84. The molecule has 4 nitrogen and oxygen atoms in total. The van der Waals surface area contributed by atoms with Gasteiger partial charge in [0.1, 0.15) is 5.75 Å². The van der Waals surface area contributed by atoms with Crippen molar-refractivity contribution < 1.29 is 9.53 Å². The first kappa shape index (κ1) is 16.0. The Hall–Kier alpha value is -1.85. The molecule has 0 spiro atoms. The Morgan fingerprint density at radius 1 is 1.39 bits per heavy atom. The number of nitrogens with zero attached hydrogens (tertiary/aromatic N) is 1. The molecule has 122 valence electrons. The van der Waals surface area contributed by atoms with Gasteiger partial charge < -0.3 is 15.4 Å². The van der Waals surface area contributed by atoms with E-state index in [1.165, 1.54) is 0 Å². The molecule has 5 heteroatoms. The molecule has 1 aliphatic rings. The molecule has 1 aliphatic heterocycles. The molecule has 0 bridgehead atoms. The minimum absolute atomic E-state index is 0.116. The quantitative estimate of drug-likeness (QED) is 0.936. The number of amides is 1. The number of ether oxygens (including phenoxy) is 1. The van der Waals surface area contributed by atoms with E-state index >= 15 is 0 Å². The summed E-state index contributed by atoms with van der Waals surface area (Å²) in [5, 5.41) is 0. The van der Waals surface area contributed by atoms with Crippen molar-refractivity contribution in [2.24, 2.45) is 5.73 Å². The van der Waals surface area contributed by atoms with E-state index in [9.17, 15) is 4.79 Å². The SMILES string of the molecule is COc1ccc(-c2cc(C(=O)N3CCC[C@@H]3CN)sc2C)cc1. The van der Waals surface area contributed by atoms with Gasteiger partial charge in [-0.2, -0.15) is 0 Å². The summed E-state index contributed by atoms with van der Waals surface area (Å²) in [6, 6.07) is 10.1.